The smallest absolute Gasteiger partial charge is 0.252 e. The van der Waals surface area contributed by atoms with Crippen molar-refractivity contribution in [2.45, 2.75) is 26.2 Å². The van der Waals surface area contributed by atoms with E-state index in [4.69, 9.17) is 11.6 Å². The van der Waals surface area contributed by atoms with Gasteiger partial charge >= 0.3 is 0 Å². The second kappa shape index (κ2) is 7.49. The first-order chi connectivity index (χ1) is 11.7. The molecule has 5 heteroatoms. The van der Waals surface area contributed by atoms with Crippen LogP contribution in [-0.2, 0) is 0 Å². The minimum atomic E-state index is -0.0584. The number of nitrogens with one attached hydrogen (secondary N) is 1. The Morgan fingerprint density at radius 1 is 1.25 bits per heavy atom. The van der Waals surface area contributed by atoms with Crippen LogP contribution in [0.5, 0.6) is 0 Å². The summed E-state index contributed by atoms with van der Waals surface area (Å²) in [5.41, 5.74) is 3.34. The first-order valence-electron chi connectivity index (χ1n) is 8.20. The molecule has 2 aromatic heterocycles. The highest BCUT2D eigenvalue weighted by atomic mass is 35.5. The summed E-state index contributed by atoms with van der Waals surface area (Å²) in [5.74, 6) is -0.0584. The number of hydrogen-bond acceptors (Lipinski definition) is 2. The van der Waals surface area contributed by atoms with Gasteiger partial charge in [0.1, 0.15) is 5.65 Å². The monoisotopic (exact) mass is 341 g/mol. The second-order valence-electron chi connectivity index (χ2n) is 5.77. The summed E-state index contributed by atoms with van der Waals surface area (Å²) < 4.78 is 1.88. The van der Waals surface area contributed by atoms with Crippen molar-refractivity contribution in [3.8, 4) is 11.1 Å². The molecule has 0 saturated carbocycles. The number of carbonyl (C=O) groups is 1. The molecule has 0 radical (unpaired) electrons. The highest BCUT2D eigenvalue weighted by Gasteiger charge is 2.12. The molecule has 24 heavy (non-hydrogen) atoms. The number of carbonyl (C=O) groups excluding carboxylic acids is 1. The third kappa shape index (κ3) is 3.60. The first kappa shape index (κ1) is 16.5. The lowest BCUT2D eigenvalue weighted by molar-refractivity contribution is 0.0952. The molecule has 0 aliphatic carbocycles. The topological polar surface area (TPSA) is 46.4 Å². The molecule has 4 nitrogen and oxygen atoms in total. The van der Waals surface area contributed by atoms with E-state index in [-0.39, 0.29) is 5.91 Å². The molecule has 2 heterocycles. The number of pyridine rings is 1. The van der Waals surface area contributed by atoms with Crippen molar-refractivity contribution in [1.29, 1.82) is 0 Å². The van der Waals surface area contributed by atoms with Gasteiger partial charge in [-0.25, -0.2) is 4.98 Å². The number of hydrogen-bond donors (Lipinski definition) is 1. The predicted octanol–water partition coefficient (Wildman–Crippen LogP) is 4.57. The van der Waals surface area contributed by atoms with E-state index in [1.54, 1.807) is 6.20 Å². The van der Waals surface area contributed by atoms with Crippen LogP contribution in [0.3, 0.4) is 0 Å². The van der Waals surface area contributed by atoms with Gasteiger partial charge in [0.25, 0.3) is 5.91 Å². The highest BCUT2D eigenvalue weighted by molar-refractivity contribution is 6.30. The Morgan fingerprint density at radius 3 is 2.79 bits per heavy atom. The molecule has 124 valence electrons. The van der Waals surface area contributed by atoms with Gasteiger partial charge in [0, 0.05) is 35.7 Å². The lowest BCUT2D eigenvalue weighted by Gasteiger charge is -2.09. The Hall–Kier alpha value is -2.33. The molecule has 0 aliphatic heterocycles. The molecule has 0 unspecified atom stereocenters. The van der Waals surface area contributed by atoms with Crippen molar-refractivity contribution in [1.82, 2.24) is 14.7 Å². The fourth-order valence-electron chi connectivity index (χ4n) is 2.68. The van der Waals surface area contributed by atoms with Crippen LogP contribution in [0.2, 0.25) is 5.02 Å². The Kier molecular flexibility index (Phi) is 5.16. The van der Waals surface area contributed by atoms with Gasteiger partial charge in [0.05, 0.1) is 5.56 Å². The molecule has 0 spiro atoms. The lowest BCUT2D eigenvalue weighted by atomic mass is 10.0. The lowest BCUT2D eigenvalue weighted by Crippen LogP contribution is -2.24. The largest absolute Gasteiger partial charge is 0.352 e. The Balaban J connectivity index is 1.92. The number of rotatable bonds is 6. The summed E-state index contributed by atoms with van der Waals surface area (Å²) in [7, 11) is 0. The second-order valence-corrected chi connectivity index (χ2v) is 6.21. The average Bonchev–Trinajstić information content (AvgIpc) is 3.07. The normalized spacial score (nSPS) is 10.9. The quantitative estimate of drug-likeness (QED) is 0.667. The maximum Gasteiger partial charge on any atom is 0.252 e. The van der Waals surface area contributed by atoms with Gasteiger partial charge in [-0.05, 0) is 30.2 Å². The van der Waals surface area contributed by atoms with E-state index in [9.17, 15) is 4.79 Å². The standard InChI is InChI=1S/C19H20ClN3O/c1-2-3-4-9-22-19(24)15-12-17(14-5-7-16(20)8-6-14)18-21-10-11-23(18)13-15/h5-8,10-13H,2-4,9H2,1H3,(H,22,24). The van der Waals surface area contributed by atoms with Gasteiger partial charge in [-0.15, -0.1) is 0 Å². The van der Waals surface area contributed by atoms with E-state index in [0.29, 0.717) is 17.1 Å². The third-order valence-electron chi connectivity index (χ3n) is 3.97. The SMILES string of the molecule is CCCCCNC(=O)c1cc(-c2ccc(Cl)cc2)c2nccn2c1. The van der Waals surface area contributed by atoms with E-state index < -0.39 is 0 Å². The van der Waals surface area contributed by atoms with Crippen LogP contribution in [0.4, 0.5) is 0 Å². The molecule has 0 bridgehead atoms. The number of amides is 1. The molecular formula is C19H20ClN3O. The van der Waals surface area contributed by atoms with Crippen molar-refractivity contribution in [3.63, 3.8) is 0 Å². The summed E-state index contributed by atoms with van der Waals surface area (Å²) in [4.78, 5) is 16.8. The highest BCUT2D eigenvalue weighted by Crippen LogP contribution is 2.26. The first-order valence-corrected chi connectivity index (χ1v) is 8.57. The molecule has 3 aromatic rings. The Morgan fingerprint density at radius 2 is 2.04 bits per heavy atom. The van der Waals surface area contributed by atoms with Crippen LogP contribution >= 0.6 is 11.6 Å². The maximum atomic E-state index is 12.4. The van der Waals surface area contributed by atoms with E-state index >= 15 is 0 Å². The van der Waals surface area contributed by atoms with Crippen LogP contribution in [0.25, 0.3) is 16.8 Å². The molecule has 3 rings (SSSR count). The summed E-state index contributed by atoms with van der Waals surface area (Å²) in [6, 6.07) is 9.45. The molecule has 0 fully saturated rings. The van der Waals surface area contributed by atoms with Crippen LogP contribution in [0, 0.1) is 0 Å². The number of nitrogens with zero attached hydrogens (tertiary/aromatic N) is 2. The summed E-state index contributed by atoms with van der Waals surface area (Å²) in [6.07, 6.45) is 8.66. The zero-order valence-electron chi connectivity index (χ0n) is 13.6. The zero-order valence-corrected chi connectivity index (χ0v) is 14.4. The van der Waals surface area contributed by atoms with Crippen molar-refractivity contribution < 1.29 is 4.79 Å². The zero-order chi connectivity index (χ0) is 16.9. The van der Waals surface area contributed by atoms with E-state index in [2.05, 4.69) is 17.2 Å². The Labute approximate surface area is 146 Å². The molecule has 0 saturated heterocycles. The van der Waals surface area contributed by atoms with Crippen molar-refractivity contribution in [2.75, 3.05) is 6.54 Å². The van der Waals surface area contributed by atoms with Crippen molar-refractivity contribution in [2.24, 2.45) is 0 Å². The summed E-state index contributed by atoms with van der Waals surface area (Å²) >= 11 is 5.98. The average molecular weight is 342 g/mol. The van der Waals surface area contributed by atoms with E-state index in [0.717, 1.165) is 36.0 Å². The van der Waals surface area contributed by atoms with Crippen LogP contribution in [-0.4, -0.2) is 21.8 Å². The van der Waals surface area contributed by atoms with E-state index in [1.807, 2.05) is 47.1 Å². The molecule has 1 aromatic carbocycles. The molecular weight excluding hydrogens is 322 g/mol. The van der Waals surface area contributed by atoms with Gasteiger partial charge in [-0.1, -0.05) is 43.5 Å². The third-order valence-corrected chi connectivity index (χ3v) is 4.22. The summed E-state index contributed by atoms with van der Waals surface area (Å²) in [6.45, 7) is 2.85. The number of fused-ring (bicyclic) bond motifs is 1. The van der Waals surface area contributed by atoms with Crippen molar-refractivity contribution >= 4 is 23.2 Å². The molecule has 1 amide bonds. The van der Waals surface area contributed by atoms with Gasteiger partial charge in [-0.3, -0.25) is 4.79 Å². The minimum absolute atomic E-state index is 0.0584. The number of aromatic nitrogens is 2. The van der Waals surface area contributed by atoms with Gasteiger partial charge in [0.15, 0.2) is 0 Å². The number of halogens is 1. The van der Waals surface area contributed by atoms with Gasteiger partial charge < -0.3 is 9.72 Å². The van der Waals surface area contributed by atoms with Crippen LogP contribution in [0.15, 0.2) is 48.9 Å². The van der Waals surface area contributed by atoms with Gasteiger partial charge in [-0.2, -0.15) is 0 Å². The Bertz CT molecular complexity index is 839. The molecule has 0 atom stereocenters. The maximum absolute atomic E-state index is 12.4. The van der Waals surface area contributed by atoms with Crippen molar-refractivity contribution in [3.05, 3.63) is 59.5 Å². The summed E-state index contributed by atoms with van der Waals surface area (Å²) in [5, 5.41) is 3.67. The number of imidazole rings is 1. The van der Waals surface area contributed by atoms with Crippen LogP contribution < -0.4 is 5.32 Å². The number of benzene rings is 1. The van der Waals surface area contributed by atoms with Crippen LogP contribution in [0.1, 0.15) is 36.5 Å². The predicted molar refractivity (Wildman–Crippen MR) is 97.5 cm³/mol. The number of unbranched alkanes of at least 4 members (excludes halogenated alkanes) is 2. The fourth-order valence-corrected chi connectivity index (χ4v) is 2.80. The van der Waals surface area contributed by atoms with Gasteiger partial charge in [0.2, 0.25) is 0 Å². The fraction of sp³-hybridized carbons (Fsp3) is 0.263. The molecule has 1 N–H and O–H groups in total. The molecule has 0 aliphatic rings. The minimum Gasteiger partial charge on any atom is -0.352 e. The van der Waals surface area contributed by atoms with E-state index in [1.165, 1.54) is 0 Å².